The second-order valence-corrected chi connectivity index (χ2v) is 4.90. The van der Waals surface area contributed by atoms with Crippen LogP contribution in [0.5, 0.6) is 5.75 Å². The first-order valence-corrected chi connectivity index (χ1v) is 6.71. The quantitative estimate of drug-likeness (QED) is 0.741. The number of Topliss-reactive ketones (excluding diaryl/α,β-unsaturated/α-hetero) is 1. The molecule has 0 saturated heterocycles. The summed E-state index contributed by atoms with van der Waals surface area (Å²) in [5.74, 6) is 0.274. The molecular formula is C15H22N2O3. The van der Waals surface area contributed by atoms with Gasteiger partial charge in [-0.25, -0.2) is 0 Å². The van der Waals surface area contributed by atoms with Crippen molar-refractivity contribution in [1.29, 1.82) is 0 Å². The Morgan fingerprint density at radius 2 is 2.05 bits per heavy atom. The number of nitrogens with two attached hydrogens (primary N) is 1. The van der Waals surface area contributed by atoms with Crippen LogP contribution in [0, 0.1) is 0 Å². The minimum atomic E-state index is -0.620. The van der Waals surface area contributed by atoms with Crippen LogP contribution in [0.4, 0.5) is 0 Å². The maximum atomic E-state index is 11.8. The topological polar surface area (TPSA) is 81.4 Å². The monoisotopic (exact) mass is 278 g/mol. The van der Waals surface area contributed by atoms with Gasteiger partial charge < -0.3 is 15.8 Å². The van der Waals surface area contributed by atoms with Crippen molar-refractivity contribution in [2.75, 3.05) is 6.54 Å². The lowest BCUT2D eigenvalue weighted by Gasteiger charge is -2.15. The summed E-state index contributed by atoms with van der Waals surface area (Å²) in [5.41, 5.74) is 6.17. The number of hydrogen-bond acceptors (Lipinski definition) is 4. The smallest absolute Gasteiger partial charge is 0.260 e. The SMILES string of the molecule is CC(=O)c1cccc(OC(C)C(=O)NCCC(C)N)c1. The van der Waals surface area contributed by atoms with Crippen molar-refractivity contribution in [1.82, 2.24) is 5.32 Å². The van der Waals surface area contributed by atoms with E-state index in [1.807, 2.05) is 6.92 Å². The van der Waals surface area contributed by atoms with E-state index in [9.17, 15) is 9.59 Å². The zero-order valence-electron chi connectivity index (χ0n) is 12.2. The number of carbonyl (C=O) groups excluding carboxylic acids is 2. The van der Waals surface area contributed by atoms with Gasteiger partial charge >= 0.3 is 0 Å². The number of hydrogen-bond donors (Lipinski definition) is 2. The predicted octanol–water partition coefficient (Wildman–Crippen LogP) is 1.51. The molecule has 0 radical (unpaired) electrons. The Morgan fingerprint density at radius 1 is 1.35 bits per heavy atom. The molecule has 0 aliphatic heterocycles. The lowest BCUT2D eigenvalue weighted by atomic mass is 10.1. The standard InChI is InChI=1S/C15H22N2O3/c1-10(16)7-8-17-15(19)12(3)20-14-6-4-5-13(9-14)11(2)18/h4-6,9-10,12H,7-8,16H2,1-3H3,(H,17,19). The van der Waals surface area contributed by atoms with E-state index in [1.165, 1.54) is 6.92 Å². The van der Waals surface area contributed by atoms with Crippen LogP contribution in [0.3, 0.4) is 0 Å². The average molecular weight is 278 g/mol. The number of nitrogens with one attached hydrogen (secondary N) is 1. The van der Waals surface area contributed by atoms with Crippen LogP contribution >= 0.6 is 0 Å². The van der Waals surface area contributed by atoms with Gasteiger partial charge in [-0.05, 0) is 39.3 Å². The van der Waals surface area contributed by atoms with E-state index in [2.05, 4.69) is 5.32 Å². The molecule has 5 nitrogen and oxygen atoms in total. The summed E-state index contributed by atoms with van der Waals surface area (Å²) in [6.07, 6.45) is 0.100. The summed E-state index contributed by atoms with van der Waals surface area (Å²) in [4.78, 5) is 23.1. The van der Waals surface area contributed by atoms with Gasteiger partial charge in [0.05, 0.1) is 0 Å². The van der Waals surface area contributed by atoms with E-state index >= 15 is 0 Å². The van der Waals surface area contributed by atoms with Gasteiger partial charge in [-0.15, -0.1) is 0 Å². The van der Waals surface area contributed by atoms with Crippen molar-refractivity contribution in [3.05, 3.63) is 29.8 Å². The molecule has 1 aromatic carbocycles. The van der Waals surface area contributed by atoms with Gasteiger partial charge in [0.15, 0.2) is 11.9 Å². The highest BCUT2D eigenvalue weighted by Gasteiger charge is 2.14. The number of amides is 1. The minimum Gasteiger partial charge on any atom is -0.481 e. The third-order valence-corrected chi connectivity index (χ3v) is 2.82. The molecule has 2 atom stereocenters. The van der Waals surface area contributed by atoms with Crippen LogP contribution in [0.25, 0.3) is 0 Å². The fourth-order valence-electron chi connectivity index (χ4n) is 1.61. The van der Waals surface area contributed by atoms with Crippen LogP contribution in [0.1, 0.15) is 37.6 Å². The molecule has 110 valence electrons. The molecular weight excluding hydrogens is 256 g/mol. The van der Waals surface area contributed by atoms with Crippen molar-refractivity contribution in [3.8, 4) is 5.75 Å². The molecule has 0 fully saturated rings. The Bertz CT molecular complexity index is 472. The van der Waals surface area contributed by atoms with Crippen LogP contribution in [-0.2, 0) is 4.79 Å². The molecule has 20 heavy (non-hydrogen) atoms. The van der Waals surface area contributed by atoms with Crippen molar-refractivity contribution in [3.63, 3.8) is 0 Å². The summed E-state index contributed by atoms with van der Waals surface area (Å²) in [6.45, 7) is 5.57. The van der Waals surface area contributed by atoms with Gasteiger partial charge in [-0.3, -0.25) is 9.59 Å². The highest BCUT2D eigenvalue weighted by Crippen LogP contribution is 2.15. The van der Waals surface area contributed by atoms with Crippen LogP contribution in [-0.4, -0.2) is 30.4 Å². The third-order valence-electron chi connectivity index (χ3n) is 2.82. The Balaban J connectivity index is 2.52. The molecule has 1 rings (SSSR count). The van der Waals surface area contributed by atoms with Crippen molar-refractivity contribution < 1.29 is 14.3 Å². The molecule has 2 unspecified atom stereocenters. The summed E-state index contributed by atoms with van der Waals surface area (Å²) in [5, 5.41) is 2.76. The van der Waals surface area contributed by atoms with E-state index < -0.39 is 6.10 Å². The van der Waals surface area contributed by atoms with Gasteiger partial charge in [-0.1, -0.05) is 12.1 Å². The molecule has 0 aliphatic carbocycles. The Labute approximate surface area is 119 Å². The first kappa shape index (κ1) is 16.2. The molecule has 0 aliphatic rings. The van der Waals surface area contributed by atoms with E-state index in [0.717, 1.165) is 6.42 Å². The Hall–Kier alpha value is -1.88. The van der Waals surface area contributed by atoms with Gasteiger partial charge in [0.1, 0.15) is 5.75 Å². The maximum absolute atomic E-state index is 11.8. The molecule has 0 aromatic heterocycles. The van der Waals surface area contributed by atoms with Gasteiger partial charge in [0, 0.05) is 18.2 Å². The summed E-state index contributed by atoms with van der Waals surface area (Å²) in [7, 11) is 0. The van der Waals surface area contributed by atoms with Crippen molar-refractivity contribution >= 4 is 11.7 Å². The summed E-state index contributed by atoms with van der Waals surface area (Å²) < 4.78 is 5.53. The van der Waals surface area contributed by atoms with Crippen molar-refractivity contribution in [2.45, 2.75) is 39.3 Å². The molecule has 0 saturated carbocycles. The molecule has 1 aromatic rings. The second-order valence-electron chi connectivity index (χ2n) is 4.90. The van der Waals surface area contributed by atoms with Gasteiger partial charge in [0.25, 0.3) is 5.91 Å². The van der Waals surface area contributed by atoms with E-state index in [-0.39, 0.29) is 17.7 Å². The second kappa shape index (κ2) is 7.65. The molecule has 5 heteroatoms. The number of ketones is 1. The molecule has 1 amide bonds. The minimum absolute atomic E-state index is 0.0375. The molecule has 3 N–H and O–H groups in total. The molecule has 0 bridgehead atoms. The van der Waals surface area contributed by atoms with Crippen LogP contribution in [0.15, 0.2) is 24.3 Å². The highest BCUT2D eigenvalue weighted by atomic mass is 16.5. The lowest BCUT2D eigenvalue weighted by Crippen LogP contribution is -2.38. The average Bonchev–Trinajstić information content (AvgIpc) is 2.38. The first-order valence-electron chi connectivity index (χ1n) is 6.71. The lowest BCUT2D eigenvalue weighted by molar-refractivity contribution is -0.127. The summed E-state index contributed by atoms with van der Waals surface area (Å²) >= 11 is 0. The predicted molar refractivity (Wildman–Crippen MR) is 77.8 cm³/mol. The van der Waals surface area contributed by atoms with Crippen LogP contribution in [0.2, 0.25) is 0 Å². The molecule has 0 spiro atoms. The number of ether oxygens (including phenoxy) is 1. The van der Waals surface area contributed by atoms with E-state index in [0.29, 0.717) is 17.9 Å². The maximum Gasteiger partial charge on any atom is 0.260 e. The largest absolute Gasteiger partial charge is 0.481 e. The highest BCUT2D eigenvalue weighted by molar-refractivity contribution is 5.94. The zero-order valence-corrected chi connectivity index (χ0v) is 12.2. The van der Waals surface area contributed by atoms with Gasteiger partial charge in [-0.2, -0.15) is 0 Å². The van der Waals surface area contributed by atoms with Gasteiger partial charge in [0.2, 0.25) is 0 Å². The zero-order chi connectivity index (χ0) is 15.1. The normalized spacial score (nSPS) is 13.4. The van der Waals surface area contributed by atoms with E-state index in [1.54, 1.807) is 31.2 Å². The fraction of sp³-hybridized carbons (Fsp3) is 0.467. The third kappa shape index (κ3) is 5.40. The first-order chi connectivity index (χ1) is 9.40. The van der Waals surface area contributed by atoms with Crippen molar-refractivity contribution in [2.24, 2.45) is 5.73 Å². The molecule has 0 heterocycles. The Morgan fingerprint density at radius 3 is 2.65 bits per heavy atom. The number of rotatable bonds is 7. The number of benzene rings is 1. The van der Waals surface area contributed by atoms with E-state index in [4.69, 9.17) is 10.5 Å². The number of carbonyl (C=O) groups is 2. The Kier molecular flexibility index (Phi) is 6.18. The fourth-order valence-corrected chi connectivity index (χ4v) is 1.61. The summed E-state index contributed by atoms with van der Waals surface area (Å²) in [6, 6.07) is 6.85. The van der Waals surface area contributed by atoms with Crippen LogP contribution < -0.4 is 15.8 Å².